The molecule has 2 N–H and O–H groups in total. The summed E-state index contributed by atoms with van der Waals surface area (Å²) in [5.41, 5.74) is 5.48. The highest BCUT2D eigenvalue weighted by Gasteiger charge is 2.02. The number of rotatable bonds is 10. The normalized spacial score (nSPS) is 11.3. The van der Waals surface area contributed by atoms with Crippen LogP contribution >= 0.6 is 12.2 Å². The summed E-state index contributed by atoms with van der Waals surface area (Å²) in [5, 5.41) is 0. The summed E-state index contributed by atoms with van der Waals surface area (Å²) < 4.78 is 5.58. The summed E-state index contributed by atoms with van der Waals surface area (Å²) in [7, 11) is 0. The molecule has 0 aliphatic rings. The largest absolute Gasteiger partial charge is 0.393 e. The van der Waals surface area contributed by atoms with Gasteiger partial charge in [-0.2, -0.15) is 0 Å². The molecule has 96 valence electrons. The second-order valence-electron chi connectivity index (χ2n) is 4.45. The highest BCUT2D eigenvalue weighted by molar-refractivity contribution is 7.80. The minimum absolute atomic E-state index is 0.596. The molecule has 0 unspecified atom stereocenters. The molecule has 0 bridgehead atoms. The predicted octanol–water partition coefficient (Wildman–Crippen LogP) is 2.05. The molecule has 0 aromatic rings. The summed E-state index contributed by atoms with van der Waals surface area (Å²) >= 11 is 4.86. The monoisotopic (exact) mass is 246 g/mol. The Morgan fingerprint density at radius 3 is 2.50 bits per heavy atom. The molecule has 3 nitrogen and oxygen atoms in total. The van der Waals surface area contributed by atoms with Crippen molar-refractivity contribution in [2.24, 2.45) is 11.7 Å². The van der Waals surface area contributed by atoms with Crippen LogP contribution in [0.5, 0.6) is 0 Å². The Morgan fingerprint density at radius 2 is 2.00 bits per heavy atom. The molecular weight excluding hydrogens is 220 g/mol. The predicted molar refractivity (Wildman–Crippen MR) is 73.8 cm³/mol. The Bertz CT molecular complexity index is 186. The number of hydrogen-bond donors (Lipinski definition) is 1. The first kappa shape index (κ1) is 15.8. The van der Waals surface area contributed by atoms with E-state index in [1.807, 2.05) is 0 Å². The van der Waals surface area contributed by atoms with Gasteiger partial charge in [0, 0.05) is 26.1 Å². The molecule has 4 heteroatoms. The first-order valence-corrected chi connectivity index (χ1v) is 6.55. The summed E-state index contributed by atoms with van der Waals surface area (Å²) in [6, 6.07) is 0. The van der Waals surface area contributed by atoms with Gasteiger partial charge in [0.05, 0.1) is 11.6 Å². The lowest BCUT2D eigenvalue weighted by Crippen LogP contribution is -2.30. The fourth-order valence-electron chi connectivity index (χ4n) is 1.31. The van der Waals surface area contributed by atoms with Gasteiger partial charge in [-0.1, -0.05) is 33.0 Å². The van der Waals surface area contributed by atoms with Crippen LogP contribution in [0.15, 0.2) is 0 Å². The van der Waals surface area contributed by atoms with E-state index < -0.39 is 0 Å². The molecule has 0 saturated heterocycles. The van der Waals surface area contributed by atoms with Crippen LogP contribution in [0.4, 0.5) is 0 Å². The molecule has 0 aromatic carbocycles. The third-order valence-electron chi connectivity index (χ3n) is 2.51. The number of thiocarbonyl (C=S) groups is 1. The third-order valence-corrected chi connectivity index (χ3v) is 2.72. The van der Waals surface area contributed by atoms with Crippen molar-refractivity contribution in [2.45, 2.75) is 33.6 Å². The van der Waals surface area contributed by atoms with Crippen LogP contribution < -0.4 is 5.73 Å². The molecule has 0 rings (SSSR count). The maximum atomic E-state index is 5.58. The molecule has 0 radical (unpaired) electrons. The summed E-state index contributed by atoms with van der Waals surface area (Å²) in [6.45, 7) is 11.2. The van der Waals surface area contributed by atoms with Gasteiger partial charge in [-0.15, -0.1) is 0 Å². The zero-order chi connectivity index (χ0) is 12.4. The second-order valence-corrected chi connectivity index (χ2v) is 4.97. The van der Waals surface area contributed by atoms with Crippen molar-refractivity contribution in [1.82, 2.24) is 4.90 Å². The molecule has 0 heterocycles. The fourth-order valence-corrected chi connectivity index (χ4v) is 1.40. The molecule has 16 heavy (non-hydrogen) atoms. The molecule has 0 atom stereocenters. The second kappa shape index (κ2) is 10.00. The highest BCUT2D eigenvalue weighted by Crippen LogP contribution is 1.99. The van der Waals surface area contributed by atoms with Crippen LogP contribution in [-0.4, -0.2) is 42.7 Å². The number of likely N-dealkylation sites (N-methyl/N-ethyl adjacent to an activating group) is 1. The SMILES string of the molecule is CCN(CCOCCC(C)C)CCC(N)=S. The van der Waals surface area contributed by atoms with E-state index in [1.165, 1.54) is 0 Å². The van der Waals surface area contributed by atoms with Crippen LogP contribution in [-0.2, 0) is 4.74 Å². The summed E-state index contributed by atoms with van der Waals surface area (Å²) in [6.07, 6.45) is 1.94. The van der Waals surface area contributed by atoms with Gasteiger partial charge in [0.1, 0.15) is 0 Å². The standard InChI is InChI=1S/C12H26N2OS/c1-4-14(7-5-12(13)16)8-10-15-9-6-11(2)3/h11H,4-10H2,1-3H3,(H2,13,16). The number of nitrogens with zero attached hydrogens (tertiary/aromatic N) is 1. The van der Waals surface area contributed by atoms with Gasteiger partial charge >= 0.3 is 0 Å². The fraction of sp³-hybridized carbons (Fsp3) is 0.917. The molecule has 0 aliphatic heterocycles. The van der Waals surface area contributed by atoms with Crippen LogP contribution in [0.3, 0.4) is 0 Å². The molecule has 0 aliphatic carbocycles. The highest BCUT2D eigenvalue weighted by atomic mass is 32.1. The summed E-state index contributed by atoms with van der Waals surface area (Å²) in [5.74, 6) is 0.719. The van der Waals surface area contributed by atoms with Crippen LogP contribution in [0.1, 0.15) is 33.6 Å². The Balaban J connectivity index is 3.44. The zero-order valence-corrected chi connectivity index (χ0v) is 11.7. The topological polar surface area (TPSA) is 38.5 Å². The summed E-state index contributed by atoms with van der Waals surface area (Å²) in [4.78, 5) is 2.91. The van der Waals surface area contributed by atoms with E-state index in [0.29, 0.717) is 4.99 Å². The van der Waals surface area contributed by atoms with Crippen LogP contribution in [0.2, 0.25) is 0 Å². The van der Waals surface area contributed by atoms with E-state index in [0.717, 1.165) is 51.6 Å². The Kier molecular flexibility index (Phi) is 9.88. The first-order chi connectivity index (χ1) is 7.56. The van der Waals surface area contributed by atoms with Crippen LogP contribution in [0.25, 0.3) is 0 Å². The number of nitrogens with two attached hydrogens (primary N) is 1. The minimum atomic E-state index is 0.596. The molecular formula is C12H26N2OS. The average Bonchev–Trinajstić information content (AvgIpc) is 2.21. The lowest BCUT2D eigenvalue weighted by molar-refractivity contribution is 0.0983. The zero-order valence-electron chi connectivity index (χ0n) is 10.9. The average molecular weight is 246 g/mol. The van der Waals surface area contributed by atoms with Crippen molar-refractivity contribution in [3.63, 3.8) is 0 Å². The third kappa shape index (κ3) is 10.3. The van der Waals surface area contributed by atoms with Gasteiger partial charge in [-0.25, -0.2) is 0 Å². The number of hydrogen-bond acceptors (Lipinski definition) is 3. The van der Waals surface area contributed by atoms with E-state index in [1.54, 1.807) is 0 Å². The first-order valence-electron chi connectivity index (χ1n) is 6.14. The van der Waals surface area contributed by atoms with Crippen molar-refractivity contribution >= 4 is 17.2 Å². The van der Waals surface area contributed by atoms with E-state index in [9.17, 15) is 0 Å². The van der Waals surface area contributed by atoms with E-state index in [-0.39, 0.29) is 0 Å². The van der Waals surface area contributed by atoms with Gasteiger partial charge in [-0.3, -0.25) is 0 Å². The van der Waals surface area contributed by atoms with Gasteiger partial charge < -0.3 is 15.4 Å². The van der Waals surface area contributed by atoms with E-state index in [4.69, 9.17) is 22.7 Å². The molecule has 0 spiro atoms. The van der Waals surface area contributed by atoms with Crippen molar-refractivity contribution in [2.75, 3.05) is 32.8 Å². The van der Waals surface area contributed by atoms with E-state index >= 15 is 0 Å². The smallest absolute Gasteiger partial charge is 0.0740 e. The maximum Gasteiger partial charge on any atom is 0.0740 e. The lowest BCUT2D eigenvalue weighted by Gasteiger charge is -2.19. The number of ether oxygens (including phenoxy) is 1. The molecule has 0 amide bonds. The van der Waals surface area contributed by atoms with Crippen molar-refractivity contribution in [3.8, 4) is 0 Å². The molecule has 0 aromatic heterocycles. The van der Waals surface area contributed by atoms with Gasteiger partial charge in [0.15, 0.2) is 0 Å². The van der Waals surface area contributed by atoms with Crippen molar-refractivity contribution in [3.05, 3.63) is 0 Å². The van der Waals surface area contributed by atoms with Gasteiger partial charge in [0.2, 0.25) is 0 Å². The Hall–Kier alpha value is -0.190. The molecule has 0 saturated carbocycles. The Morgan fingerprint density at radius 1 is 1.31 bits per heavy atom. The van der Waals surface area contributed by atoms with Crippen LogP contribution in [0, 0.1) is 5.92 Å². The van der Waals surface area contributed by atoms with Crippen molar-refractivity contribution in [1.29, 1.82) is 0 Å². The van der Waals surface area contributed by atoms with Crippen molar-refractivity contribution < 1.29 is 4.74 Å². The minimum Gasteiger partial charge on any atom is -0.393 e. The Labute approximate surface area is 105 Å². The lowest BCUT2D eigenvalue weighted by atomic mass is 10.1. The maximum absolute atomic E-state index is 5.58. The quantitative estimate of drug-likeness (QED) is 0.473. The van der Waals surface area contributed by atoms with Gasteiger partial charge in [0.25, 0.3) is 0 Å². The van der Waals surface area contributed by atoms with Gasteiger partial charge in [-0.05, 0) is 18.9 Å². The molecule has 0 fully saturated rings. The van der Waals surface area contributed by atoms with E-state index in [2.05, 4.69) is 25.7 Å².